The van der Waals surface area contributed by atoms with Crippen LogP contribution in [0.15, 0.2) is 36.4 Å². The third-order valence-corrected chi connectivity index (χ3v) is 6.44. The molecule has 174 valence electrons. The summed E-state index contributed by atoms with van der Waals surface area (Å²) >= 11 is 6.24. The molecule has 9 nitrogen and oxygen atoms in total. The molecule has 1 spiro atoms. The first kappa shape index (κ1) is 22.9. The van der Waals surface area contributed by atoms with Crippen LogP contribution in [-0.4, -0.2) is 38.0 Å². The number of rotatable bonds is 7. The molecule has 0 radical (unpaired) electrons. The van der Waals surface area contributed by atoms with Gasteiger partial charge < -0.3 is 25.8 Å². The first-order chi connectivity index (χ1) is 15.8. The van der Waals surface area contributed by atoms with Crippen molar-refractivity contribution in [1.82, 2.24) is 5.32 Å². The number of anilines is 2. The smallest absolute Gasteiger partial charge is 0.250 e. The fraction of sp³-hybridized carbons (Fsp3) is 0.348. The number of nitrogens with two attached hydrogens (primary N) is 1. The minimum Gasteiger partial charge on any atom is -0.497 e. The van der Waals surface area contributed by atoms with Crippen molar-refractivity contribution in [2.45, 2.75) is 30.8 Å². The minimum absolute atomic E-state index is 0.135. The Kier molecular flexibility index (Phi) is 6.18. The van der Waals surface area contributed by atoms with Crippen molar-refractivity contribution in [3.05, 3.63) is 47.0 Å². The number of ether oxygens (including phenoxy) is 2. The molecule has 0 bridgehead atoms. The summed E-state index contributed by atoms with van der Waals surface area (Å²) in [6.07, 6.45) is 0.854. The molecule has 33 heavy (non-hydrogen) atoms. The predicted octanol–water partition coefficient (Wildman–Crippen LogP) is 2.39. The molecule has 1 fully saturated rings. The Balaban J connectivity index is 1.72. The van der Waals surface area contributed by atoms with E-state index in [0.29, 0.717) is 46.3 Å². The van der Waals surface area contributed by atoms with Gasteiger partial charge in [0.2, 0.25) is 17.7 Å². The Morgan fingerprint density at radius 1 is 1.21 bits per heavy atom. The summed E-state index contributed by atoms with van der Waals surface area (Å²) in [6.45, 7) is 0. The van der Waals surface area contributed by atoms with Gasteiger partial charge in [-0.25, -0.2) is 0 Å². The van der Waals surface area contributed by atoms with Crippen molar-refractivity contribution in [3.8, 4) is 11.5 Å². The van der Waals surface area contributed by atoms with Crippen LogP contribution in [0.4, 0.5) is 11.4 Å². The van der Waals surface area contributed by atoms with Gasteiger partial charge >= 0.3 is 0 Å². The van der Waals surface area contributed by atoms with Crippen LogP contribution in [0.1, 0.15) is 24.8 Å². The van der Waals surface area contributed by atoms with Crippen LogP contribution in [-0.2, 0) is 19.9 Å². The monoisotopic (exact) mass is 472 g/mol. The first-order valence-corrected chi connectivity index (χ1v) is 10.9. The van der Waals surface area contributed by atoms with Crippen LogP contribution in [0.2, 0.25) is 5.02 Å². The van der Waals surface area contributed by atoms with Crippen molar-refractivity contribution >= 4 is 40.7 Å². The highest BCUT2D eigenvalue weighted by atomic mass is 35.5. The largest absolute Gasteiger partial charge is 0.497 e. The molecular formula is C23H25ClN4O5. The van der Waals surface area contributed by atoms with Gasteiger partial charge in [0, 0.05) is 34.8 Å². The lowest BCUT2D eigenvalue weighted by Crippen LogP contribution is -2.52. The van der Waals surface area contributed by atoms with Gasteiger partial charge in [0.15, 0.2) is 0 Å². The van der Waals surface area contributed by atoms with E-state index in [1.807, 2.05) is 0 Å². The lowest BCUT2D eigenvalue weighted by Gasteiger charge is -2.29. The molecule has 3 atom stereocenters. The maximum atomic E-state index is 13.6. The van der Waals surface area contributed by atoms with Crippen molar-refractivity contribution in [3.63, 3.8) is 0 Å². The summed E-state index contributed by atoms with van der Waals surface area (Å²) in [7, 11) is 3.02. The number of carbonyl (C=O) groups is 3. The highest BCUT2D eigenvalue weighted by molar-refractivity contribution is 6.31. The van der Waals surface area contributed by atoms with E-state index in [2.05, 4.69) is 16.0 Å². The number of primary amides is 1. The summed E-state index contributed by atoms with van der Waals surface area (Å²) in [5, 5.41) is 9.52. The Hall–Kier alpha value is -3.30. The Morgan fingerprint density at radius 3 is 2.70 bits per heavy atom. The van der Waals surface area contributed by atoms with E-state index >= 15 is 0 Å². The van der Waals surface area contributed by atoms with Gasteiger partial charge in [-0.1, -0.05) is 11.6 Å². The van der Waals surface area contributed by atoms with Crippen LogP contribution < -0.4 is 31.2 Å². The highest BCUT2D eigenvalue weighted by Crippen LogP contribution is 2.48. The summed E-state index contributed by atoms with van der Waals surface area (Å²) in [5.41, 5.74) is 5.59. The van der Waals surface area contributed by atoms with E-state index in [4.69, 9.17) is 26.8 Å². The van der Waals surface area contributed by atoms with Crippen LogP contribution in [0.3, 0.4) is 0 Å². The minimum atomic E-state index is -1.33. The quantitative estimate of drug-likeness (QED) is 0.489. The Labute approximate surface area is 195 Å². The molecular weight excluding hydrogens is 448 g/mol. The van der Waals surface area contributed by atoms with E-state index in [0.717, 1.165) is 0 Å². The molecule has 0 unspecified atom stereocenters. The van der Waals surface area contributed by atoms with Gasteiger partial charge in [0.1, 0.15) is 17.0 Å². The average Bonchev–Trinajstić information content (AvgIpc) is 3.31. The Bertz CT molecular complexity index is 1120. The molecule has 1 saturated heterocycles. The average molecular weight is 473 g/mol. The number of amides is 3. The molecule has 2 aliphatic heterocycles. The number of hydrogen-bond donors (Lipinski definition) is 4. The molecule has 2 aromatic carbocycles. The van der Waals surface area contributed by atoms with Gasteiger partial charge in [0.25, 0.3) is 0 Å². The maximum absolute atomic E-state index is 13.6. The molecule has 0 aliphatic carbocycles. The molecule has 10 heteroatoms. The second kappa shape index (κ2) is 8.92. The van der Waals surface area contributed by atoms with Crippen LogP contribution in [0, 0.1) is 5.92 Å². The van der Waals surface area contributed by atoms with Gasteiger partial charge in [-0.05, 0) is 43.2 Å². The fourth-order valence-electron chi connectivity index (χ4n) is 4.67. The number of halogens is 1. The Morgan fingerprint density at radius 2 is 2.00 bits per heavy atom. The molecule has 4 rings (SSSR count). The fourth-order valence-corrected chi connectivity index (χ4v) is 4.84. The molecule has 2 heterocycles. The molecule has 2 aliphatic rings. The second-order valence-electron chi connectivity index (χ2n) is 8.14. The van der Waals surface area contributed by atoms with E-state index < -0.39 is 17.4 Å². The normalized spacial score (nSPS) is 23.2. The van der Waals surface area contributed by atoms with Gasteiger partial charge in [-0.2, -0.15) is 0 Å². The summed E-state index contributed by atoms with van der Waals surface area (Å²) in [6, 6.07) is 9.84. The molecule has 3 amide bonds. The van der Waals surface area contributed by atoms with E-state index in [1.165, 1.54) is 14.2 Å². The zero-order valence-electron chi connectivity index (χ0n) is 18.2. The summed E-state index contributed by atoms with van der Waals surface area (Å²) in [5.74, 6) is -0.961. The summed E-state index contributed by atoms with van der Waals surface area (Å²) < 4.78 is 10.6. The standard InChI is InChI=1S/C23H25ClN4O5/c1-32-14-5-7-19(33-2)18(11-14)26-21(30)16-10-13(4-8-20(25)29)28-23(16)15-9-12(24)3-6-17(15)27-22(23)31/h3,5-7,9,11,13,16,28H,4,8,10H2,1-2H3,(H2,25,29)(H,26,30)(H,27,31)/t13-,16-,23+/m1/s1. The van der Waals surface area contributed by atoms with Crippen molar-refractivity contribution in [2.24, 2.45) is 11.7 Å². The molecule has 2 aromatic rings. The van der Waals surface area contributed by atoms with E-state index in [1.54, 1.807) is 36.4 Å². The second-order valence-corrected chi connectivity index (χ2v) is 8.58. The first-order valence-electron chi connectivity index (χ1n) is 10.5. The lowest BCUT2D eigenvalue weighted by atomic mass is 9.79. The molecule has 0 aromatic heterocycles. The predicted molar refractivity (Wildman–Crippen MR) is 123 cm³/mol. The SMILES string of the molecule is COc1ccc(OC)c(NC(=O)[C@H]2C[C@@H](CCC(N)=O)N[C@]23C(=O)Nc2ccc(Cl)cc23)c1. The van der Waals surface area contributed by atoms with Crippen LogP contribution >= 0.6 is 11.6 Å². The maximum Gasteiger partial charge on any atom is 0.250 e. The van der Waals surface area contributed by atoms with Gasteiger partial charge in [-0.3, -0.25) is 19.7 Å². The molecule has 5 N–H and O–H groups in total. The highest BCUT2D eigenvalue weighted by Gasteiger charge is 2.60. The van der Waals surface area contributed by atoms with Crippen molar-refractivity contribution < 1.29 is 23.9 Å². The number of methoxy groups -OCH3 is 2. The van der Waals surface area contributed by atoms with E-state index in [9.17, 15) is 14.4 Å². The number of nitrogens with one attached hydrogen (secondary N) is 3. The van der Waals surface area contributed by atoms with Crippen molar-refractivity contribution in [2.75, 3.05) is 24.9 Å². The van der Waals surface area contributed by atoms with Gasteiger partial charge in [0.05, 0.1) is 25.8 Å². The zero-order chi connectivity index (χ0) is 23.8. The number of fused-ring (bicyclic) bond motifs is 2. The van der Waals surface area contributed by atoms with E-state index in [-0.39, 0.29) is 24.3 Å². The third-order valence-electron chi connectivity index (χ3n) is 6.21. The molecule has 0 saturated carbocycles. The summed E-state index contributed by atoms with van der Waals surface area (Å²) in [4.78, 5) is 38.3. The van der Waals surface area contributed by atoms with Crippen LogP contribution in [0.25, 0.3) is 0 Å². The van der Waals surface area contributed by atoms with Gasteiger partial charge in [-0.15, -0.1) is 0 Å². The number of carbonyl (C=O) groups excluding carboxylic acids is 3. The number of hydrogen-bond acceptors (Lipinski definition) is 6. The number of benzene rings is 2. The third kappa shape index (κ3) is 4.09. The zero-order valence-corrected chi connectivity index (χ0v) is 19.0. The lowest BCUT2D eigenvalue weighted by molar-refractivity contribution is -0.130. The van der Waals surface area contributed by atoms with Crippen molar-refractivity contribution in [1.29, 1.82) is 0 Å². The van der Waals surface area contributed by atoms with Crippen LogP contribution in [0.5, 0.6) is 11.5 Å². The topological polar surface area (TPSA) is 132 Å².